The number of nitrogens with zero attached hydrogens (tertiary/aromatic N) is 4. The van der Waals surface area contributed by atoms with Crippen LogP contribution in [0, 0.1) is 13.8 Å². The third-order valence-corrected chi connectivity index (χ3v) is 5.80. The Bertz CT molecular complexity index is 743. The van der Waals surface area contributed by atoms with Gasteiger partial charge in [0.1, 0.15) is 6.33 Å². The summed E-state index contributed by atoms with van der Waals surface area (Å²) >= 11 is 1.47. The predicted octanol–water partition coefficient (Wildman–Crippen LogP) is 3.77. The van der Waals surface area contributed by atoms with Crippen molar-refractivity contribution in [1.29, 1.82) is 0 Å². The van der Waals surface area contributed by atoms with E-state index < -0.39 is 0 Å². The van der Waals surface area contributed by atoms with E-state index >= 15 is 0 Å². The maximum atomic E-state index is 12.7. The lowest BCUT2D eigenvalue weighted by molar-refractivity contribution is -0.132. The van der Waals surface area contributed by atoms with Gasteiger partial charge in [-0.05, 0) is 51.2 Å². The number of hydrogen-bond acceptors (Lipinski definition) is 4. The van der Waals surface area contributed by atoms with Crippen LogP contribution in [0.15, 0.2) is 29.7 Å². The molecule has 2 aromatic rings. The zero-order valence-corrected chi connectivity index (χ0v) is 16.1. The molecule has 1 aromatic carbocycles. The minimum absolute atomic E-state index is 0.215. The summed E-state index contributed by atoms with van der Waals surface area (Å²) in [5.41, 5.74) is 3.47. The normalized spacial score (nSPS) is 17.7. The minimum Gasteiger partial charge on any atom is -0.339 e. The van der Waals surface area contributed by atoms with E-state index in [0.717, 1.165) is 36.7 Å². The van der Waals surface area contributed by atoms with E-state index in [4.69, 9.17) is 0 Å². The van der Waals surface area contributed by atoms with Gasteiger partial charge in [0.2, 0.25) is 5.91 Å². The van der Waals surface area contributed by atoms with Crippen LogP contribution < -0.4 is 0 Å². The lowest BCUT2D eigenvalue weighted by Crippen LogP contribution is -2.44. The number of likely N-dealkylation sites (tertiary alicyclic amines) is 1. The fraction of sp³-hybridized carbons (Fsp3) is 0.526. The monoisotopic (exact) mass is 358 g/mol. The van der Waals surface area contributed by atoms with E-state index in [-0.39, 0.29) is 5.91 Å². The molecule has 3 rings (SSSR count). The average Bonchev–Trinajstić information content (AvgIpc) is 3.08. The zero-order valence-electron chi connectivity index (χ0n) is 15.2. The molecule has 0 bridgehead atoms. The minimum atomic E-state index is 0.215. The van der Waals surface area contributed by atoms with Gasteiger partial charge in [0.25, 0.3) is 0 Å². The fourth-order valence-electron chi connectivity index (χ4n) is 3.53. The largest absolute Gasteiger partial charge is 0.339 e. The van der Waals surface area contributed by atoms with Gasteiger partial charge in [-0.3, -0.25) is 9.36 Å². The highest BCUT2D eigenvalue weighted by atomic mass is 32.2. The summed E-state index contributed by atoms with van der Waals surface area (Å²) in [5, 5.41) is 9.04. The molecule has 0 unspecified atom stereocenters. The third kappa shape index (κ3) is 4.06. The Morgan fingerprint density at radius 3 is 2.92 bits per heavy atom. The molecule has 25 heavy (non-hydrogen) atoms. The van der Waals surface area contributed by atoms with Crippen LogP contribution >= 0.6 is 11.8 Å². The molecule has 1 saturated heterocycles. The van der Waals surface area contributed by atoms with E-state index in [1.54, 1.807) is 6.33 Å². The highest BCUT2D eigenvalue weighted by Gasteiger charge is 2.25. The van der Waals surface area contributed by atoms with Crippen molar-refractivity contribution in [2.45, 2.75) is 57.7 Å². The van der Waals surface area contributed by atoms with Crippen molar-refractivity contribution in [3.05, 3.63) is 35.7 Å². The van der Waals surface area contributed by atoms with Gasteiger partial charge in [-0.25, -0.2) is 0 Å². The van der Waals surface area contributed by atoms with Gasteiger partial charge in [-0.1, -0.05) is 36.4 Å². The van der Waals surface area contributed by atoms with Crippen LogP contribution in [0.2, 0.25) is 0 Å². The molecule has 1 aromatic heterocycles. The number of rotatable bonds is 5. The van der Waals surface area contributed by atoms with Crippen LogP contribution in [0.3, 0.4) is 0 Å². The molecule has 1 aliphatic rings. The van der Waals surface area contributed by atoms with Crippen LogP contribution in [-0.4, -0.2) is 43.9 Å². The molecule has 0 aliphatic carbocycles. The Balaban J connectivity index is 1.70. The number of amides is 1. The number of carbonyl (C=O) groups is 1. The van der Waals surface area contributed by atoms with Crippen LogP contribution in [0.1, 0.15) is 43.7 Å². The number of thioether (sulfide) groups is 1. The number of carbonyl (C=O) groups excluding carboxylic acids is 1. The Labute approximate surface area is 153 Å². The molecule has 1 atom stereocenters. The van der Waals surface area contributed by atoms with Crippen molar-refractivity contribution in [2.24, 2.45) is 0 Å². The lowest BCUT2D eigenvalue weighted by Gasteiger charge is -2.35. The molecule has 0 N–H and O–H groups in total. The quantitative estimate of drug-likeness (QED) is 0.764. The maximum absolute atomic E-state index is 12.7. The highest BCUT2D eigenvalue weighted by molar-refractivity contribution is 7.99. The summed E-state index contributed by atoms with van der Waals surface area (Å²) in [6.45, 7) is 7.23. The second kappa shape index (κ2) is 8.04. The van der Waals surface area contributed by atoms with Crippen molar-refractivity contribution in [1.82, 2.24) is 19.7 Å². The van der Waals surface area contributed by atoms with Crippen LogP contribution in [0.5, 0.6) is 0 Å². The molecule has 0 spiro atoms. The van der Waals surface area contributed by atoms with Gasteiger partial charge < -0.3 is 4.90 Å². The maximum Gasteiger partial charge on any atom is 0.233 e. The van der Waals surface area contributed by atoms with E-state index in [2.05, 4.69) is 54.1 Å². The number of aryl methyl sites for hydroxylation is 2. The molecule has 0 saturated carbocycles. The summed E-state index contributed by atoms with van der Waals surface area (Å²) in [6, 6.07) is 6.72. The summed E-state index contributed by atoms with van der Waals surface area (Å²) in [7, 11) is 0. The van der Waals surface area contributed by atoms with Gasteiger partial charge in [0, 0.05) is 12.6 Å². The van der Waals surface area contributed by atoms with Gasteiger partial charge in [0.15, 0.2) is 5.16 Å². The lowest BCUT2D eigenvalue weighted by atomic mass is 10.0. The van der Waals surface area contributed by atoms with E-state index in [1.807, 2.05) is 4.57 Å². The van der Waals surface area contributed by atoms with Crippen molar-refractivity contribution >= 4 is 17.7 Å². The van der Waals surface area contributed by atoms with Crippen LogP contribution in [-0.2, 0) is 4.79 Å². The van der Waals surface area contributed by atoms with E-state index in [1.165, 1.54) is 29.3 Å². The Hall–Kier alpha value is -1.82. The van der Waals surface area contributed by atoms with Crippen LogP contribution in [0.4, 0.5) is 0 Å². The Morgan fingerprint density at radius 2 is 2.16 bits per heavy atom. The highest BCUT2D eigenvalue weighted by Crippen LogP contribution is 2.25. The molecule has 1 aliphatic heterocycles. The van der Waals surface area contributed by atoms with E-state index in [9.17, 15) is 4.79 Å². The van der Waals surface area contributed by atoms with Crippen molar-refractivity contribution < 1.29 is 4.79 Å². The summed E-state index contributed by atoms with van der Waals surface area (Å²) < 4.78 is 1.97. The Morgan fingerprint density at radius 1 is 1.32 bits per heavy atom. The second-order valence-electron chi connectivity index (χ2n) is 6.71. The third-order valence-electron chi connectivity index (χ3n) is 4.87. The summed E-state index contributed by atoms with van der Waals surface area (Å²) in [4.78, 5) is 14.7. The molecule has 0 radical (unpaired) electrons. The first-order valence-electron chi connectivity index (χ1n) is 9.00. The second-order valence-corrected chi connectivity index (χ2v) is 7.65. The van der Waals surface area contributed by atoms with E-state index in [0.29, 0.717) is 11.8 Å². The molecule has 1 amide bonds. The first-order chi connectivity index (χ1) is 12.1. The van der Waals surface area contributed by atoms with Crippen molar-refractivity contribution in [3.8, 4) is 5.69 Å². The number of hydrogen-bond donors (Lipinski definition) is 0. The smallest absolute Gasteiger partial charge is 0.233 e. The van der Waals surface area contributed by atoms with Crippen LogP contribution in [0.25, 0.3) is 5.69 Å². The molecule has 2 heterocycles. The number of benzene rings is 1. The molecule has 5 nitrogen and oxygen atoms in total. The average molecular weight is 359 g/mol. The first kappa shape index (κ1) is 18.0. The number of aromatic nitrogens is 3. The SMILES string of the molecule is CC[C@H]1CCCCN1C(=O)CSc1nncn1-c1ccc(C)cc1C. The van der Waals surface area contributed by atoms with Gasteiger partial charge in [-0.2, -0.15) is 0 Å². The zero-order chi connectivity index (χ0) is 17.8. The Kier molecular flexibility index (Phi) is 5.78. The number of piperidine rings is 1. The molecule has 6 heteroatoms. The van der Waals surface area contributed by atoms with Gasteiger partial charge >= 0.3 is 0 Å². The molecule has 1 fully saturated rings. The molecular weight excluding hydrogens is 332 g/mol. The van der Waals surface area contributed by atoms with Gasteiger partial charge in [0.05, 0.1) is 11.4 Å². The van der Waals surface area contributed by atoms with Gasteiger partial charge in [-0.15, -0.1) is 10.2 Å². The fourth-order valence-corrected chi connectivity index (χ4v) is 4.33. The standard InChI is InChI=1S/C19H26N4OS/c1-4-16-7-5-6-10-22(16)18(24)12-25-19-21-20-13-23(19)17-9-8-14(2)11-15(17)3/h8-9,11,13,16H,4-7,10,12H2,1-3H3/t16-/m0/s1. The topological polar surface area (TPSA) is 51.0 Å². The predicted molar refractivity (Wildman–Crippen MR) is 101 cm³/mol. The van der Waals surface area contributed by atoms with Crippen molar-refractivity contribution in [3.63, 3.8) is 0 Å². The summed E-state index contributed by atoms with van der Waals surface area (Å²) in [5.74, 6) is 0.631. The molecular formula is C19H26N4OS. The first-order valence-corrected chi connectivity index (χ1v) is 9.98. The summed E-state index contributed by atoms with van der Waals surface area (Å²) in [6.07, 6.45) is 6.24. The van der Waals surface area contributed by atoms with Crippen molar-refractivity contribution in [2.75, 3.05) is 12.3 Å². The molecule has 134 valence electrons.